The van der Waals surface area contributed by atoms with Crippen molar-refractivity contribution in [1.82, 2.24) is 27.4 Å². The van der Waals surface area contributed by atoms with Crippen molar-refractivity contribution in [3.8, 4) is 22.7 Å². The van der Waals surface area contributed by atoms with E-state index in [1.807, 2.05) is 0 Å². The molecule has 0 amide bonds. The molecular formula is C83H53N7. The van der Waals surface area contributed by atoms with Crippen LogP contribution >= 0.6 is 0 Å². The molecule has 0 fully saturated rings. The summed E-state index contributed by atoms with van der Waals surface area (Å²) in [7, 11) is 0. The second-order valence-corrected chi connectivity index (χ2v) is 24.2. The predicted molar refractivity (Wildman–Crippen MR) is 377 cm³/mol. The number of fused-ring (bicyclic) bond motifs is 18. The number of aliphatic imine (C=N–C) groups is 1. The fourth-order valence-corrected chi connectivity index (χ4v) is 15.7. The molecule has 1 aliphatic rings. The smallest absolute Gasteiger partial charge is 0.135 e. The summed E-state index contributed by atoms with van der Waals surface area (Å²) >= 11 is 0. The lowest BCUT2D eigenvalue weighted by Crippen LogP contribution is -2.19. The third kappa shape index (κ3) is 6.97. The Labute approximate surface area is 515 Å². The molecule has 420 valence electrons. The van der Waals surface area contributed by atoms with Crippen molar-refractivity contribution < 1.29 is 0 Å². The van der Waals surface area contributed by atoms with Crippen LogP contribution in [0.15, 0.2) is 308 Å². The van der Waals surface area contributed by atoms with Crippen molar-refractivity contribution >= 4 is 142 Å². The minimum atomic E-state index is -0.332. The predicted octanol–water partition coefficient (Wildman–Crippen LogP) is 21.2. The Morgan fingerprint density at radius 3 is 0.911 bits per heavy atom. The van der Waals surface area contributed by atoms with E-state index in [9.17, 15) is 0 Å². The van der Waals surface area contributed by atoms with E-state index in [0.29, 0.717) is 6.42 Å². The molecule has 0 saturated carbocycles. The maximum atomic E-state index is 6.09. The lowest BCUT2D eigenvalue weighted by atomic mass is 9.98. The van der Waals surface area contributed by atoms with Gasteiger partial charge in [-0.05, 0) is 139 Å². The number of nitrogens with zero attached hydrogens (tertiary/aromatic N) is 7. The zero-order valence-electron chi connectivity index (χ0n) is 48.8. The Morgan fingerprint density at radius 1 is 0.233 bits per heavy atom. The van der Waals surface area contributed by atoms with Gasteiger partial charge in [-0.25, -0.2) is 4.99 Å². The molecule has 13 aromatic carbocycles. The Bertz CT molecular complexity index is 6280. The van der Waals surface area contributed by atoms with Gasteiger partial charge in [-0.1, -0.05) is 176 Å². The number of aromatic nitrogens is 6. The molecule has 20 rings (SSSR count). The molecule has 0 N–H and O–H groups in total. The molecule has 0 aliphatic carbocycles. The first-order valence-electron chi connectivity index (χ1n) is 31.1. The van der Waals surface area contributed by atoms with Gasteiger partial charge in [-0.2, -0.15) is 0 Å². The van der Waals surface area contributed by atoms with Crippen LogP contribution in [0.4, 0.5) is 0 Å². The quantitative estimate of drug-likeness (QED) is 0.159. The van der Waals surface area contributed by atoms with E-state index in [1.165, 1.54) is 103 Å². The normalized spacial score (nSPS) is 14.0. The van der Waals surface area contributed by atoms with Crippen molar-refractivity contribution in [3.63, 3.8) is 0 Å². The standard InChI is InChI=1S/C83H53N7/c1-4-22-54(23-5-1)85-70-34-16-10-28-58(70)64-46-65-61-31-13-19-37-73(61)88(77(65)49-76(64)85)57-42-40-52(41-43-57)53-44-82(89-74-38-20-14-32-62(74)68-47-66-59-29-11-17-35-71(59)86(78(66)50-80(68)89)55-24-6-2-7-25-55)84-83(45-53)90-75-39-21-15-33-63(75)69-48-67-60-30-12-18-36-72(60)87(79(67)51-81(69)90)56-26-8-3-9-27-56/h1-44,46-51,83H,45H2. The van der Waals surface area contributed by atoms with Crippen molar-refractivity contribution in [3.05, 3.63) is 309 Å². The Kier molecular flexibility index (Phi) is 10.3. The van der Waals surface area contributed by atoms with Gasteiger partial charge in [0.15, 0.2) is 0 Å². The molecule has 1 atom stereocenters. The summed E-state index contributed by atoms with van der Waals surface area (Å²) in [6.07, 6.45) is 2.71. The summed E-state index contributed by atoms with van der Waals surface area (Å²) in [4.78, 5) is 6.09. The average Bonchev–Trinajstić information content (AvgIpc) is 2.44. The number of hydrogen-bond acceptors (Lipinski definition) is 1. The third-order valence-corrected chi connectivity index (χ3v) is 19.5. The summed E-state index contributed by atoms with van der Waals surface area (Å²) in [5.74, 6) is 0.892. The second kappa shape index (κ2) is 18.8. The molecule has 0 spiro atoms. The van der Waals surface area contributed by atoms with Gasteiger partial charge in [0.2, 0.25) is 0 Å². The fourth-order valence-electron chi connectivity index (χ4n) is 15.7. The molecule has 1 aliphatic heterocycles. The maximum Gasteiger partial charge on any atom is 0.135 e. The first kappa shape index (κ1) is 49.2. The van der Waals surface area contributed by atoms with Crippen molar-refractivity contribution in [2.45, 2.75) is 12.6 Å². The van der Waals surface area contributed by atoms with Crippen LogP contribution in [0.2, 0.25) is 0 Å². The van der Waals surface area contributed by atoms with E-state index in [2.05, 4.69) is 331 Å². The van der Waals surface area contributed by atoms with Crippen molar-refractivity contribution in [2.24, 2.45) is 4.99 Å². The molecule has 1 unspecified atom stereocenters. The summed E-state index contributed by atoms with van der Waals surface area (Å²) in [5.41, 5.74) is 20.8. The molecule has 6 aromatic heterocycles. The molecule has 19 aromatic rings. The SMILES string of the molecule is C1=C(c2ccc(-n3c4ccccc4c4cc5c6ccccc6n(-c6ccccc6)c5cc43)cc2)CC(n2c3ccccc3c3cc4c5ccccc5n(-c5ccccc5)c4cc32)N=C1n1c2ccccc2c2cc3c4ccccc4n(-c4ccccc4)c3cc21. The summed E-state index contributed by atoms with van der Waals surface area (Å²) in [6.45, 7) is 0. The highest BCUT2D eigenvalue weighted by Gasteiger charge is 2.29. The zero-order chi connectivity index (χ0) is 58.7. The maximum absolute atomic E-state index is 6.09. The highest BCUT2D eigenvalue weighted by molar-refractivity contribution is 6.24. The molecular weight excluding hydrogens is 1090 g/mol. The van der Waals surface area contributed by atoms with E-state index in [0.717, 1.165) is 67.2 Å². The number of benzene rings is 13. The molecule has 0 saturated heterocycles. The topological polar surface area (TPSA) is 41.9 Å². The van der Waals surface area contributed by atoms with Gasteiger partial charge in [-0.3, -0.25) is 4.57 Å². The van der Waals surface area contributed by atoms with Crippen LogP contribution in [-0.2, 0) is 0 Å². The lowest BCUT2D eigenvalue weighted by Gasteiger charge is -2.26. The van der Waals surface area contributed by atoms with E-state index in [-0.39, 0.29) is 6.17 Å². The van der Waals surface area contributed by atoms with Gasteiger partial charge < -0.3 is 22.8 Å². The highest BCUT2D eigenvalue weighted by atomic mass is 15.2. The van der Waals surface area contributed by atoms with Gasteiger partial charge in [0.1, 0.15) is 12.0 Å². The van der Waals surface area contributed by atoms with Gasteiger partial charge in [0.25, 0.3) is 0 Å². The van der Waals surface area contributed by atoms with Crippen LogP contribution in [0.1, 0.15) is 18.2 Å². The van der Waals surface area contributed by atoms with Crippen molar-refractivity contribution in [1.29, 1.82) is 0 Å². The lowest BCUT2D eigenvalue weighted by molar-refractivity contribution is 0.565. The van der Waals surface area contributed by atoms with Gasteiger partial charge in [0.05, 0.1) is 66.2 Å². The Balaban J connectivity index is 0.825. The van der Waals surface area contributed by atoms with Crippen LogP contribution in [0, 0.1) is 0 Å². The molecule has 7 heteroatoms. The van der Waals surface area contributed by atoms with E-state index >= 15 is 0 Å². The van der Waals surface area contributed by atoms with Crippen LogP contribution in [0.5, 0.6) is 0 Å². The molecule has 90 heavy (non-hydrogen) atoms. The monoisotopic (exact) mass is 1150 g/mol. The minimum absolute atomic E-state index is 0.332. The first-order valence-corrected chi connectivity index (χ1v) is 31.1. The Hall–Kier alpha value is -11.9. The van der Waals surface area contributed by atoms with Crippen LogP contribution in [-0.4, -0.2) is 33.2 Å². The fraction of sp³-hybridized carbons (Fsp3) is 0.0241. The number of hydrogen-bond donors (Lipinski definition) is 0. The summed E-state index contributed by atoms with van der Waals surface area (Å²) < 4.78 is 14.7. The van der Waals surface area contributed by atoms with Crippen LogP contribution < -0.4 is 0 Å². The minimum Gasteiger partial charge on any atom is -0.317 e. The number of rotatable bonds is 6. The second-order valence-electron chi connectivity index (χ2n) is 24.2. The Morgan fingerprint density at radius 2 is 0.522 bits per heavy atom. The molecule has 7 heterocycles. The van der Waals surface area contributed by atoms with E-state index in [4.69, 9.17) is 4.99 Å². The van der Waals surface area contributed by atoms with Crippen LogP contribution in [0.25, 0.3) is 159 Å². The van der Waals surface area contributed by atoms with Gasteiger partial charge in [-0.15, -0.1) is 0 Å². The van der Waals surface area contributed by atoms with E-state index < -0.39 is 0 Å². The first-order chi connectivity index (χ1) is 44.7. The van der Waals surface area contributed by atoms with Crippen LogP contribution in [0.3, 0.4) is 0 Å². The highest BCUT2D eigenvalue weighted by Crippen LogP contribution is 2.46. The largest absolute Gasteiger partial charge is 0.317 e. The molecule has 0 bridgehead atoms. The molecule has 0 radical (unpaired) electrons. The van der Waals surface area contributed by atoms with Gasteiger partial charge >= 0.3 is 0 Å². The summed E-state index contributed by atoms with van der Waals surface area (Å²) in [5, 5.41) is 14.7. The third-order valence-electron chi connectivity index (χ3n) is 19.5. The van der Waals surface area contributed by atoms with E-state index in [1.54, 1.807) is 0 Å². The summed E-state index contributed by atoms with van der Waals surface area (Å²) in [6, 6.07) is 110. The number of allylic oxidation sites excluding steroid dienone is 1. The number of para-hydroxylation sites is 9. The van der Waals surface area contributed by atoms with Gasteiger partial charge in [0, 0.05) is 93.8 Å². The van der Waals surface area contributed by atoms with Crippen molar-refractivity contribution in [2.75, 3.05) is 0 Å². The average molecular weight is 1150 g/mol. The number of dihydropyridines is 1. The molecule has 7 nitrogen and oxygen atoms in total. The zero-order valence-corrected chi connectivity index (χ0v) is 48.8.